The number of fused-ring (bicyclic) bond motifs is 3. The quantitative estimate of drug-likeness (QED) is 0.0951. The highest BCUT2D eigenvalue weighted by atomic mass is 16.2. The topological polar surface area (TPSA) is 162 Å². The van der Waals surface area contributed by atoms with Gasteiger partial charge in [-0.3, -0.25) is 39.3 Å². The number of aromatic nitrogens is 2. The van der Waals surface area contributed by atoms with Gasteiger partial charge in [-0.2, -0.15) is 0 Å². The van der Waals surface area contributed by atoms with Gasteiger partial charge < -0.3 is 20.9 Å². The van der Waals surface area contributed by atoms with E-state index in [1.807, 2.05) is 49.5 Å². The van der Waals surface area contributed by atoms with Crippen molar-refractivity contribution in [3.8, 4) is 34.2 Å². The van der Waals surface area contributed by atoms with Gasteiger partial charge >= 0.3 is 0 Å². The van der Waals surface area contributed by atoms with Crippen LogP contribution >= 0.6 is 0 Å². The maximum atomic E-state index is 13.1. The predicted molar refractivity (Wildman–Crippen MR) is 212 cm³/mol. The Morgan fingerprint density at radius 3 is 2.57 bits per heavy atom. The smallest absolute Gasteiger partial charge is 0.269 e. The van der Waals surface area contributed by atoms with Crippen molar-refractivity contribution in [1.29, 1.82) is 0 Å². The van der Waals surface area contributed by atoms with E-state index in [2.05, 4.69) is 57.1 Å². The molecule has 8 rings (SSSR count). The van der Waals surface area contributed by atoms with Crippen LogP contribution in [0.3, 0.4) is 0 Å². The van der Waals surface area contributed by atoms with Crippen molar-refractivity contribution in [2.45, 2.75) is 64.6 Å². The highest BCUT2D eigenvalue weighted by molar-refractivity contribution is 6.07. The van der Waals surface area contributed by atoms with E-state index in [1.165, 1.54) is 4.90 Å². The van der Waals surface area contributed by atoms with Crippen LogP contribution in [0, 0.1) is 11.8 Å². The van der Waals surface area contributed by atoms with Gasteiger partial charge in [-0.1, -0.05) is 43.0 Å². The van der Waals surface area contributed by atoms with Crippen molar-refractivity contribution in [2.24, 2.45) is 0 Å². The number of pyridine rings is 2. The molecule has 12 heteroatoms. The molecule has 280 valence electrons. The van der Waals surface area contributed by atoms with Crippen molar-refractivity contribution in [1.82, 2.24) is 25.5 Å². The van der Waals surface area contributed by atoms with Crippen LogP contribution in [0.1, 0.15) is 77.1 Å². The maximum absolute atomic E-state index is 13.1. The maximum Gasteiger partial charge on any atom is 0.269 e. The highest BCUT2D eigenvalue weighted by Crippen LogP contribution is 2.41. The fourth-order valence-electron chi connectivity index (χ4n) is 7.58. The molecule has 0 saturated carbocycles. The highest BCUT2D eigenvalue weighted by Gasteiger charge is 2.39. The zero-order valence-corrected chi connectivity index (χ0v) is 31.0. The lowest BCUT2D eigenvalue weighted by molar-refractivity contribution is -0.137. The normalized spacial score (nSPS) is 17.5. The summed E-state index contributed by atoms with van der Waals surface area (Å²) in [6.07, 6.45) is 5.57. The van der Waals surface area contributed by atoms with Crippen LogP contribution in [0.15, 0.2) is 79.1 Å². The molecule has 3 aliphatic heterocycles. The number of hydrogen-bond acceptors (Lipinski definition) is 8. The molecule has 0 spiro atoms. The first-order chi connectivity index (χ1) is 27.2. The molecule has 56 heavy (non-hydrogen) atoms. The molecule has 2 aromatic heterocycles. The van der Waals surface area contributed by atoms with Gasteiger partial charge in [-0.15, -0.1) is 0 Å². The molecular weight excluding hydrogens is 707 g/mol. The van der Waals surface area contributed by atoms with Gasteiger partial charge in [-0.05, 0) is 84.3 Å². The Labute approximate surface area is 323 Å². The monoisotopic (exact) mass is 745 g/mol. The van der Waals surface area contributed by atoms with Crippen LogP contribution in [0.5, 0.6) is 0 Å². The molecule has 5 amide bonds. The minimum Gasteiger partial charge on any atom is -0.380 e. The van der Waals surface area contributed by atoms with Crippen molar-refractivity contribution in [3.63, 3.8) is 0 Å². The first kappa shape index (κ1) is 36.1. The number of amides is 5. The van der Waals surface area contributed by atoms with Gasteiger partial charge in [0.1, 0.15) is 11.7 Å². The third kappa shape index (κ3) is 7.07. The number of carbonyl (C=O) groups is 5. The van der Waals surface area contributed by atoms with E-state index >= 15 is 0 Å². The Morgan fingerprint density at radius 1 is 0.929 bits per heavy atom. The summed E-state index contributed by atoms with van der Waals surface area (Å²) in [5.74, 6) is 4.84. The van der Waals surface area contributed by atoms with Gasteiger partial charge in [0.15, 0.2) is 0 Å². The number of imide groups is 1. The predicted octanol–water partition coefficient (Wildman–Crippen LogP) is 5.60. The number of piperidine rings is 1. The molecule has 1 fully saturated rings. The molecule has 0 radical (unpaired) electrons. The molecule has 4 N–H and O–H groups in total. The van der Waals surface area contributed by atoms with Crippen LogP contribution in [-0.2, 0) is 27.3 Å². The van der Waals surface area contributed by atoms with Gasteiger partial charge in [0.2, 0.25) is 17.7 Å². The Morgan fingerprint density at radius 2 is 1.77 bits per heavy atom. The molecule has 0 bridgehead atoms. The lowest BCUT2D eigenvalue weighted by Crippen LogP contribution is -2.52. The van der Waals surface area contributed by atoms with Gasteiger partial charge in [0, 0.05) is 78.4 Å². The second kappa shape index (κ2) is 15.1. The lowest BCUT2D eigenvalue weighted by atomic mass is 9.94. The van der Waals surface area contributed by atoms with Crippen LogP contribution in [0.4, 0.5) is 11.4 Å². The van der Waals surface area contributed by atoms with Crippen molar-refractivity contribution in [3.05, 3.63) is 107 Å². The third-order valence-electron chi connectivity index (χ3n) is 10.5. The van der Waals surface area contributed by atoms with Crippen LogP contribution in [-0.4, -0.2) is 63.0 Å². The minimum absolute atomic E-state index is 0.00976. The number of rotatable bonds is 7. The van der Waals surface area contributed by atoms with E-state index in [0.717, 1.165) is 62.1 Å². The number of hydrogen-bond donors (Lipinski definition) is 4. The van der Waals surface area contributed by atoms with E-state index in [4.69, 9.17) is 4.98 Å². The Balaban J connectivity index is 0.922. The largest absolute Gasteiger partial charge is 0.380 e. The number of nitrogens with zero attached hydrogens (tertiary/aromatic N) is 3. The zero-order chi connectivity index (χ0) is 38.9. The molecule has 2 atom stereocenters. The SMILES string of the molecule is CCc1cc2c(c(-c3cccc4cc(-c5ccc(C(=O)NCCC#Cc6cccc7c6CN(C6CCC(=O)NC6=O)C7=O)nc5)ncc34)c1)N[C@H](C)CC(=O)N2. The molecule has 3 aromatic carbocycles. The van der Waals surface area contributed by atoms with Crippen molar-refractivity contribution < 1.29 is 24.0 Å². The van der Waals surface area contributed by atoms with E-state index < -0.39 is 11.9 Å². The van der Waals surface area contributed by atoms with Crippen molar-refractivity contribution >= 4 is 51.7 Å². The summed E-state index contributed by atoms with van der Waals surface area (Å²) in [5.41, 5.74) is 8.53. The van der Waals surface area contributed by atoms with Crippen molar-refractivity contribution in [2.75, 3.05) is 17.2 Å². The second-order valence-electron chi connectivity index (χ2n) is 14.3. The lowest BCUT2D eigenvalue weighted by Gasteiger charge is -2.29. The minimum atomic E-state index is -0.691. The molecule has 12 nitrogen and oxygen atoms in total. The molecule has 5 heterocycles. The third-order valence-corrected chi connectivity index (χ3v) is 10.5. The molecular formula is C44H39N7O5. The Hall–Kier alpha value is -6.87. The second-order valence-corrected chi connectivity index (χ2v) is 14.3. The van der Waals surface area contributed by atoms with E-state index in [1.54, 1.807) is 24.4 Å². The summed E-state index contributed by atoms with van der Waals surface area (Å²) < 4.78 is 0. The molecule has 3 aliphatic rings. The van der Waals surface area contributed by atoms with Crippen LogP contribution < -0.4 is 21.3 Å². The number of aryl methyl sites for hydroxylation is 1. The average molecular weight is 746 g/mol. The summed E-state index contributed by atoms with van der Waals surface area (Å²) in [6, 6.07) is 20.5. The molecule has 1 unspecified atom stereocenters. The Kier molecular flexibility index (Phi) is 9.74. The van der Waals surface area contributed by atoms with E-state index in [0.29, 0.717) is 36.9 Å². The number of carbonyl (C=O) groups excluding carboxylic acids is 5. The van der Waals surface area contributed by atoms with Gasteiger partial charge in [-0.25, -0.2) is 0 Å². The number of benzene rings is 3. The summed E-state index contributed by atoms with van der Waals surface area (Å²) in [6.45, 7) is 4.64. The van der Waals surface area contributed by atoms with Crippen LogP contribution in [0.25, 0.3) is 33.2 Å². The summed E-state index contributed by atoms with van der Waals surface area (Å²) >= 11 is 0. The van der Waals surface area contributed by atoms with Gasteiger partial charge in [0.05, 0.1) is 17.1 Å². The van der Waals surface area contributed by atoms with E-state index in [9.17, 15) is 24.0 Å². The summed E-state index contributed by atoms with van der Waals surface area (Å²) in [5, 5.41) is 13.8. The number of nitrogens with one attached hydrogen (secondary N) is 4. The Bertz CT molecular complexity index is 2520. The molecule has 5 aromatic rings. The molecule has 0 aliphatic carbocycles. The summed E-state index contributed by atoms with van der Waals surface area (Å²) in [7, 11) is 0. The first-order valence-corrected chi connectivity index (χ1v) is 18.8. The van der Waals surface area contributed by atoms with Crippen LogP contribution in [0.2, 0.25) is 0 Å². The van der Waals surface area contributed by atoms with E-state index in [-0.39, 0.29) is 48.3 Å². The van der Waals surface area contributed by atoms with Gasteiger partial charge in [0.25, 0.3) is 11.8 Å². The summed E-state index contributed by atoms with van der Waals surface area (Å²) in [4.78, 5) is 73.3. The molecule has 1 saturated heterocycles. The average Bonchev–Trinajstić information content (AvgIpc) is 3.45. The number of anilines is 2. The standard InChI is InChI=1S/C44H39N7O5/c1-3-26-19-32(41-37(20-26)49-40(53)18-25(2)48-41)30-11-7-10-28-21-36(47-23-33(28)30)29-13-14-35(46-22-29)42(54)45-17-5-4-8-27-9-6-12-31-34(27)24-51(44(31)56)38-15-16-39(52)50-43(38)55/h6-7,9-14,19-23,25,38,48H,3,5,15-18,24H2,1-2H3,(H,45,54)(H,49,53)(H,50,52,55)/t25-,38?/m1/s1. The first-order valence-electron chi connectivity index (χ1n) is 18.8. The fourth-order valence-corrected chi connectivity index (χ4v) is 7.58. The fraction of sp³-hybridized carbons (Fsp3) is 0.250. The zero-order valence-electron chi connectivity index (χ0n) is 31.0.